The van der Waals surface area contributed by atoms with Crippen LogP contribution in [0, 0.1) is 0 Å². The average molecular weight is 815 g/mol. The lowest BCUT2D eigenvalue weighted by Crippen LogP contribution is -2.32. The normalized spacial score (nSPS) is 13.2. The second-order valence-corrected chi connectivity index (χ2v) is 17.2. The van der Waals surface area contributed by atoms with Gasteiger partial charge in [0.05, 0.1) is 27.5 Å². The number of para-hydroxylation sites is 4. The molecule has 0 fully saturated rings. The maximum atomic E-state index is 6.85. The van der Waals surface area contributed by atoms with Gasteiger partial charge < -0.3 is 13.9 Å². The van der Waals surface area contributed by atoms with E-state index in [2.05, 4.69) is 240 Å². The summed E-state index contributed by atoms with van der Waals surface area (Å²) in [5.74, 6) is 1.76. The molecule has 0 bridgehead atoms. The van der Waals surface area contributed by atoms with Gasteiger partial charge in [-0.15, -0.1) is 0 Å². The largest absolute Gasteiger partial charge is 0.457 e. The van der Waals surface area contributed by atoms with Crippen LogP contribution in [-0.4, -0.2) is 9.13 Å². The van der Waals surface area contributed by atoms with Crippen LogP contribution in [0.1, 0.15) is 22.3 Å². The van der Waals surface area contributed by atoms with Crippen molar-refractivity contribution in [3.05, 3.63) is 253 Å². The average Bonchev–Trinajstić information content (AvgIpc) is 3.96. The standard InChI is InChI=1S/C61H38N2O/c1-3-17-39(18-4-1)41-21-15-23-43(33-41)62-55-29-11-7-25-45(55)49-35-47-48-36-50-46-26-8-12-30-56(46)63(44-24-16-22-42(34-44)40-19-5-2-6-20-40)58(50)38-54(48)61(53(47)37-57(49)62)51-27-9-13-31-59(51)64-60-32-14-10-28-52(60)61/h1-38H. The highest BCUT2D eigenvalue weighted by molar-refractivity contribution is 6.15. The molecule has 0 unspecified atom stereocenters. The number of aromatic nitrogens is 2. The Balaban J connectivity index is 1.11. The smallest absolute Gasteiger partial charge is 0.132 e. The van der Waals surface area contributed by atoms with Gasteiger partial charge >= 0.3 is 0 Å². The predicted molar refractivity (Wildman–Crippen MR) is 263 cm³/mol. The molecular formula is C61H38N2O. The van der Waals surface area contributed by atoms with Crippen LogP contribution in [0.4, 0.5) is 0 Å². The number of ether oxygens (including phenoxy) is 1. The Morgan fingerprint density at radius 3 is 1.17 bits per heavy atom. The summed E-state index contributed by atoms with van der Waals surface area (Å²) in [6, 6.07) is 84.5. The molecule has 64 heavy (non-hydrogen) atoms. The van der Waals surface area contributed by atoms with Crippen molar-refractivity contribution in [1.29, 1.82) is 0 Å². The van der Waals surface area contributed by atoms with E-state index in [0.29, 0.717) is 0 Å². The van der Waals surface area contributed by atoms with Crippen molar-refractivity contribution < 1.29 is 4.74 Å². The van der Waals surface area contributed by atoms with Crippen LogP contribution in [-0.2, 0) is 5.41 Å². The molecule has 12 aromatic rings. The minimum atomic E-state index is -0.682. The molecule has 2 aromatic heterocycles. The van der Waals surface area contributed by atoms with E-state index in [1.54, 1.807) is 0 Å². The van der Waals surface area contributed by atoms with Crippen LogP contribution in [0.5, 0.6) is 11.5 Å². The third kappa shape index (κ3) is 4.81. The van der Waals surface area contributed by atoms with Gasteiger partial charge in [0.25, 0.3) is 0 Å². The van der Waals surface area contributed by atoms with Crippen LogP contribution < -0.4 is 4.74 Å². The van der Waals surface area contributed by atoms with Gasteiger partial charge in [-0.2, -0.15) is 0 Å². The van der Waals surface area contributed by atoms with Crippen LogP contribution in [0.25, 0.3) is 88.4 Å². The van der Waals surface area contributed by atoms with Gasteiger partial charge in [0, 0.05) is 44.0 Å². The molecule has 0 saturated carbocycles. The Bertz CT molecular complexity index is 3620. The van der Waals surface area contributed by atoms with Gasteiger partial charge in [0.2, 0.25) is 0 Å². The zero-order chi connectivity index (χ0) is 41.9. The van der Waals surface area contributed by atoms with Crippen molar-refractivity contribution in [2.75, 3.05) is 0 Å². The molecule has 1 aliphatic heterocycles. The Morgan fingerprint density at radius 2 is 0.688 bits per heavy atom. The molecule has 1 aliphatic carbocycles. The molecule has 14 rings (SSSR count). The summed E-state index contributed by atoms with van der Waals surface area (Å²) >= 11 is 0. The van der Waals surface area contributed by atoms with Crippen LogP contribution in [0.15, 0.2) is 231 Å². The van der Waals surface area contributed by atoms with E-state index in [0.717, 1.165) is 34.0 Å². The van der Waals surface area contributed by atoms with Crippen molar-refractivity contribution in [1.82, 2.24) is 9.13 Å². The van der Waals surface area contributed by atoms with E-state index < -0.39 is 5.41 Å². The Labute approximate surface area is 370 Å². The van der Waals surface area contributed by atoms with Crippen molar-refractivity contribution in [2.24, 2.45) is 0 Å². The zero-order valence-corrected chi connectivity index (χ0v) is 34.7. The van der Waals surface area contributed by atoms with Gasteiger partial charge in [0.15, 0.2) is 0 Å². The first-order chi connectivity index (χ1) is 31.7. The first-order valence-corrected chi connectivity index (χ1v) is 22.1. The fourth-order valence-electron chi connectivity index (χ4n) is 11.3. The van der Waals surface area contributed by atoms with E-state index in [-0.39, 0.29) is 0 Å². The molecule has 0 saturated heterocycles. The lowest BCUT2D eigenvalue weighted by Gasteiger charge is -2.39. The van der Waals surface area contributed by atoms with E-state index in [1.807, 2.05) is 0 Å². The molecule has 2 aliphatic rings. The van der Waals surface area contributed by atoms with Crippen molar-refractivity contribution >= 4 is 43.6 Å². The van der Waals surface area contributed by atoms with Crippen molar-refractivity contribution in [2.45, 2.75) is 5.41 Å². The number of hydrogen-bond donors (Lipinski definition) is 0. The lowest BCUT2D eigenvalue weighted by molar-refractivity contribution is 0.436. The molecule has 10 aromatic carbocycles. The number of hydrogen-bond acceptors (Lipinski definition) is 1. The third-order valence-electron chi connectivity index (χ3n) is 13.9. The second-order valence-electron chi connectivity index (χ2n) is 17.2. The number of benzene rings is 10. The molecule has 298 valence electrons. The van der Waals surface area contributed by atoms with Gasteiger partial charge in [-0.25, -0.2) is 0 Å². The van der Waals surface area contributed by atoms with Crippen LogP contribution in [0.2, 0.25) is 0 Å². The summed E-state index contributed by atoms with van der Waals surface area (Å²) in [6.45, 7) is 0. The lowest BCUT2D eigenvalue weighted by atomic mass is 9.66. The summed E-state index contributed by atoms with van der Waals surface area (Å²) in [7, 11) is 0. The number of fused-ring (bicyclic) bond motifs is 15. The van der Waals surface area contributed by atoms with Gasteiger partial charge in [-0.3, -0.25) is 0 Å². The molecule has 0 atom stereocenters. The SMILES string of the molecule is c1ccc(-c2cccc(-n3c4ccccc4c4cc5c(cc43)C3(c4ccccc4Oc4ccccc43)c3cc4c(cc3-5)c3ccccc3n4-c3cccc(-c4ccccc4)c3)c2)cc1. The van der Waals surface area contributed by atoms with Crippen molar-refractivity contribution in [3.63, 3.8) is 0 Å². The van der Waals surface area contributed by atoms with Gasteiger partial charge in [-0.05, 0) is 117 Å². The zero-order valence-electron chi connectivity index (χ0n) is 34.7. The molecule has 1 spiro atoms. The fraction of sp³-hybridized carbons (Fsp3) is 0.0164. The quantitative estimate of drug-likeness (QED) is 0.173. The second kappa shape index (κ2) is 13.3. The predicted octanol–water partition coefficient (Wildman–Crippen LogP) is 15.7. The van der Waals surface area contributed by atoms with Crippen LogP contribution >= 0.6 is 0 Å². The summed E-state index contributed by atoms with van der Waals surface area (Å²) in [5.41, 5.74) is 18.4. The Hall–Kier alpha value is -8.40. The topological polar surface area (TPSA) is 19.1 Å². The fourth-order valence-corrected chi connectivity index (χ4v) is 11.3. The van der Waals surface area contributed by atoms with E-state index >= 15 is 0 Å². The maximum absolute atomic E-state index is 6.85. The highest BCUT2D eigenvalue weighted by Gasteiger charge is 2.52. The molecule has 0 amide bonds. The molecule has 3 heterocycles. The summed E-state index contributed by atoms with van der Waals surface area (Å²) in [6.07, 6.45) is 0. The molecule has 0 N–H and O–H groups in total. The Kier molecular flexibility index (Phi) is 7.32. The summed E-state index contributed by atoms with van der Waals surface area (Å²) < 4.78 is 11.8. The van der Waals surface area contributed by atoms with E-state index in [9.17, 15) is 0 Å². The third-order valence-corrected chi connectivity index (χ3v) is 13.9. The molecule has 3 nitrogen and oxygen atoms in total. The van der Waals surface area contributed by atoms with Gasteiger partial charge in [-0.1, -0.05) is 158 Å². The van der Waals surface area contributed by atoms with Crippen molar-refractivity contribution in [3.8, 4) is 56.3 Å². The maximum Gasteiger partial charge on any atom is 0.132 e. The van der Waals surface area contributed by atoms with E-state index in [4.69, 9.17) is 4.74 Å². The molecular weight excluding hydrogens is 777 g/mol. The first kappa shape index (κ1) is 35.2. The highest BCUT2D eigenvalue weighted by Crippen LogP contribution is 2.63. The van der Waals surface area contributed by atoms with E-state index in [1.165, 1.54) is 88.1 Å². The monoisotopic (exact) mass is 814 g/mol. The Morgan fingerprint density at radius 1 is 0.281 bits per heavy atom. The minimum absolute atomic E-state index is 0.682. The molecule has 3 heteroatoms. The summed E-state index contributed by atoms with van der Waals surface area (Å²) in [5, 5.41) is 4.93. The van der Waals surface area contributed by atoms with Crippen LogP contribution in [0.3, 0.4) is 0 Å². The minimum Gasteiger partial charge on any atom is -0.457 e. The highest BCUT2D eigenvalue weighted by atomic mass is 16.5. The number of nitrogens with zero attached hydrogens (tertiary/aromatic N) is 2. The van der Waals surface area contributed by atoms with Gasteiger partial charge in [0.1, 0.15) is 11.5 Å². The number of rotatable bonds is 4. The molecule has 0 radical (unpaired) electrons. The first-order valence-electron chi connectivity index (χ1n) is 22.1. The summed E-state index contributed by atoms with van der Waals surface area (Å²) in [4.78, 5) is 0.